The molecule has 0 bridgehead atoms. The van der Waals surface area contributed by atoms with E-state index in [1.807, 2.05) is 57.2 Å². The van der Waals surface area contributed by atoms with E-state index in [9.17, 15) is 9.90 Å². The van der Waals surface area contributed by atoms with Gasteiger partial charge in [0.05, 0.1) is 17.4 Å². The predicted molar refractivity (Wildman–Crippen MR) is 151 cm³/mol. The number of nitrogens with zero attached hydrogens (tertiary/aromatic N) is 4. The van der Waals surface area contributed by atoms with E-state index in [2.05, 4.69) is 11.5 Å². The number of aliphatic hydroxyl groups excluding tert-OH is 1. The Morgan fingerprint density at radius 3 is 2.63 bits per heavy atom. The molecule has 2 atom stereocenters. The molecule has 1 aromatic heterocycles. The van der Waals surface area contributed by atoms with Gasteiger partial charge >= 0.3 is 6.09 Å². The average Bonchev–Trinajstić information content (AvgIpc) is 3.02. The van der Waals surface area contributed by atoms with Crippen LogP contribution in [0.3, 0.4) is 0 Å². The van der Waals surface area contributed by atoms with Gasteiger partial charge in [-0.15, -0.1) is 0 Å². The third-order valence-corrected chi connectivity index (χ3v) is 7.06. The molecular formula is C29H36ClN5O3. The Bertz CT molecular complexity index is 1260. The van der Waals surface area contributed by atoms with E-state index >= 15 is 0 Å². The van der Waals surface area contributed by atoms with Gasteiger partial charge < -0.3 is 25.4 Å². The smallest absolute Gasteiger partial charge is 0.410 e. The molecule has 1 aliphatic heterocycles. The van der Waals surface area contributed by atoms with Crippen LogP contribution in [0.2, 0.25) is 5.02 Å². The van der Waals surface area contributed by atoms with Gasteiger partial charge in [-0.1, -0.05) is 30.3 Å². The Kier molecular flexibility index (Phi) is 8.16. The number of carbonyl (C=O) groups excluding carboxylic acids is 1. The van der Waals surface area contributed by atoms with E-state index in [4.69, 9.17) is 27.1 Å². The molecule has 38 heavy (non-hydrogen) atoms. The van der Waals surface area contributed by atoms with Crippen LogP contribution in [0.25, 0.3) is 11.6 Å². The van der Waals surface area contributed by atoms with Crippen LogP contribution < -0.4 is 5.73 Å². The van der Waals surface area contributed by atoms with E-state index in [1.165, 1.54) is 6.20 Å². The highest BCUT2D eigenvalue weighted by molar-refractivity contribution is 6.30. The Morgan fingerprint density at radius 1 is 1.29 bits per heavy atom. The Balaban J connectivity index is 1.75. The van der Waals surface area contributed by atoms with Gasteiger partial charge in [0, 0.05) is 50.6 Å². The number of ether oxygens (including phenoxy) is 1. The van der Waals surface area contributed by atoms with Crippen LogP contribution in [0, 0.1) is 0 Å². The third kappa shape index (κ3) is 5.72. The fourth-order valence-electron chi connectivity index (χ4n) is 4.94. The number of nitrogens with two attached hydrogens (primary N) is 1. The van der Waals surface area contributed by atoms with E-state index in [1.54, 1.807) is 29.2 Å². The number of hydrogen-bond donors (Lipinski definition) is 2. The van der Waals surface area contributed by atoms with Gasteiger partial charge in [0.15, 0.2) is 0 Å². The average molecular weight is 538 g/mol. The zero-order valence-corrected chi connectivity index (χ0v) is 23.2. The first-order valence-corrected chi connectivity index (χ1v) is 13.1. The standard InChI is InChI=1S/C29H36ClN5O3/c1-6-33(5)24(18-31)27(36)23-16-19-8-7-11-32-25(19)26(21-10-9-20(30)17-22(21)23)34-12-14-35(15-13-34)28(37)38-29(2,3)4/h6-11,16-18,26-27,36H,1,12-15,31H2,2-5H3/b24-18-/t26-,27?/m0/s1. The summed E-state index contributed by atoms with van der Waals surface area (Å²) in [7, 11) is 1.79. The first-order chi connectivity index (χ1) is 18.0. The van der Waals surface area contributed by atoms with E-state index in [0.29, 0.717) is 42.5 Å². The van der Waals surface area contributed by atoms with Gasteiger partial charge in [-0.25, -0.2) is 4.79 Å². The molecule has 2 heterocycles. The van der Waals surface area contributed by atoms with Crippen LogP contribution in [0.5, 0.6) is 0 Å². The van der Waals surface area contributed by atoms with E-state index in [-0.39, 0.29) is 12.1 Å². The molecule has 9 heteroatoms. The number of aliphatic hydroxyl groups is 1. The number of rotatable bonds is 5. The summed E-state index contributed by atoms with van der Waals surface area (Å²) in [5.74, 6) is 0. The maximum absolute atomic E-state index is 12.7. The van der Waals surface area contributed by atoms with Crippen molar-refractivity contribution in [1.82, 2.24) is 19.7 Å². The SMILES string of the molecule is C=CN(C)/C(=C\N)C(O)C1=Cc2cccnc2[C@@H](N2CCN(C(=O)OC(C)(C)C)CC2)c2ccc(Cl)cc21. The van der Waals surface area contributed by atoms with Gasteiger partial charge in [-0.05, 0) is 73.5 Å². The van der Waals surface area contributed by atoms with Crippen molar-refractivity contribution in [2.45, 2.75) is 38.5 Å². The van der Waals surface area contributed by atoms with E-state index in [0.717, 1.165) is 22.4 Å². The summed E-state index contributed by atoms with van der Waals surface area (Å²) in [5.41, 5.74) is 10.1. The third-order valence-electron chi connectivity index (χ3n) is 6.82. The number of likely N-dealkylation sites (N-methyl/N-ethyl adjacent to an activating group) is 1. The summed E-state index contributed by atoms with van der Waals surface area (Å²) in [6.45, 7) is 11.7. The minimum absolute atomic E-state index is 0.206. The minimum Gasteiger partial charge on any atom is -0.444 e. The summed E-state index contributed by atoms with van der Waals surface area (Å²) in [4.78, 5) is 23.2. The summed E-state index contributed by atoms with van der Waals surface area (Å²) >= 11 is 6.49. The number of aromatic nitrogens is 1. The lowest BCUT2D eigenvalue weighted by Crippen LogP contribution is -2.51. The maximum Gasteiger partial charge on any atom is 0.410 e. The lowest BCUT2D eigenvalue weighted by molar-refractivity contribution is 0.0118. The Labute approximate surface area is 229 Å². The van der Waals surface area contributed by atoms with Crippen molar-refractivity contribution in [2.24, 2.45) is 5.73 Å². The highest BCUT2D eigenvalue weighted by Crippen LogP contribution is 2.42. The van der Waals surface area contributed by atoms with Crippen LogP contribution in [0.15, 0.2) is 61.2 Å². The van der Waals surface area contributed by atoms with Crippen molar-refractivity contribution in [3.05, 3.63) is 88.6 Å². The highest BCUT2D eigenvalue weighted by Gasteiger charge is 2.36. The molecule has 2 aliphatic rings. The zero-order chi connectivity index (χ0) is 27.6. The molecule has 1 saturated heterocycles. The molecule has 1 aromatic carbocycles. The highest BCUT2D eigenvalue weighted by atomic mass is 35.5. The van der Waals surface area contributed by atoms with Crippen molar-refractivity contribution in [2.75, 3.05) is 33.2 Å². The van der Waals surface area contributed by atoms with Gasteiger partial charge in [-0.3, -0.25) is 9.88 Å². The molecule has 4 rings (SSSR count). The first kappa shape index (κ1) is 27.7. The maximum atomic E-state index is 12.7. The normalized spacial score (nSPS) is 19.0. The molecule has 1 fully saturated rings. The van der Waals surface area contributed by atoms with Crippen molar-refractivity contribution < 1.29 is 14.6 Å². The van der Waals surface area contributed by atoms with Gasteiger partial charge in [0.25, 0.3) is 0 Å². The quantitative estimate of drug-likeness (QED) is 0.581. The fraction of sp³-hybridized carbons (Fsp3) is 0.379. The fourth-order valence-corrected chi connectivity index (χ4v) is 5.11. The zero-order valence-electron chi connectivity index (χ0n) is 22.4. The van der Waals surface area contributed by atoms with Crippen LogP contribution in [0.4, 0.5) is 4.79 Å². The lowest BCUT2D eigenvalue weighted by Gasteiger charge is -2.40. The molecule has 0 saturated carbocycles. The largest absolute Gasteiger partial charge is 0.444 e. The molecule has 8 nitrogen and oxygen atoms in total. The number of carbonyl (C=O) groups is 1. The van der Waals surface area contributed by atoms with Crippen molar-refractivity contribution in [3.63, 3.8) is 0 Å². The van der Waals surface area contributed by atoms with Crippen LogP contribution in [-0.4, -0.2) is 75.8 Å². The minimum atomic E-state index is -1.03. The number of hydrogen-bond acceptors (Lipinski definition) is 7. The van der Waals surface area contributed by atoms with Crippen molar-refractivity contribution in [1.29, 1.82) is 0 Å². The molecule has 0 spiro atoms. The van der Waals surface area contributed by atoms with E-state index < -0.39 is 11.7 Å². The van der Waals surface area contributed by atoms with Gasteiger partial charge in [0.2, 0.25) is 0 Å². The summed E-state index contributed by atoms with van der Waals surface area (Å²) in [6, 6.07) is 9.41. The number of fused-ring (bicyclic) bond motifs is 2. The van der Waals surface area contributed by atoms with Crippen LogP contribution in [-0.2, 0) is 4.74 Å². The second-order valence-electron chi connectivity index (χ2n) is 10.5. The Hall–Kier alpha value is -3.33. The molecule has 3 N–H and O–H groups in total. The summed E-state index contributed by atoms with van der Waals surface area (Å²) in [5, 5.41) is 12.1. The van der Waals surface area contributed by atoms with Gasteiger partial charge in [-0.2, -0.15) is 0 Å². The molecule has 2 aromatic rings. The second kappa shape index (κ2) is 11.2. The summed E-state index contributed by atoms with van der Waals surface area (Å²) in [6.07, 6.45) is 5.39. The number of benzene rings is 1. The van der Waals surface area contributed by atoms with Crippen LogP contribution in [0.1, 0.15) is 49.2 Å². The molecule has 1 amide bonds. The predicted octanol–water partition coefficient (Wildman–Crippen LogP) is 4.47. The number of halogens is 1. The number of amides is 1. The van der Waals surface area contributed by atoms with Crippen molar-refractivity contribution >= 4 is 29.3 Å². The monoisotopic (exact) mass is 537 g/mol. The lowest BCUT2D eigenvalue weighted by atomic mass is 9.91. The molecule has 202 valence electrons. The number of pyridine rings is 1. The Morgan fingerprint density at radius 2 is 2.00 bits per heavy atom. The topological polar surface area (TPSA) is 95.2 Å². The van der Waals surface area contributed by atoms with Crippen molar-refractivity contribution in [3.8, 4) is 0 Å². The number of piperazine rings is 1. The van der Waals surface area contributed by atoms with Crippen LogP contribution >= 0.6 is 11.6 Å². The molecule has 0 radical (unpaired) electrons. The first-order valence-electron chi connectivity index (χ1n) is 12.7. The summed E-state index contributed by atoms with van der Waals surface area (Å²) < 4.78 is 5.58. The molecular weight excluding hydrogens is 502 g/mol. The van der Waals surface area contributed by atoms with Gasteiger partial charge in [0.1, 0.15) is 11.7 Å². The molecule has 1 aliphatic carbocycles. The second-order valence-corrected chi connectivity index (χ2v) is 10.9. The molecule has 1 unspecified atom stereocenters.